The summed E-state index contributed by atoms with van der Waals surface area (Å²) >= 11 is 1.78. The Bertz CT molecular complexity index is 314. The van der Waals surface area contributed by atoms with Gasteiger partial charge in [0.1, 0.15) is 5.54 Å². The van der Waals surface area contributed by atoms with Gasteiger partial charge >= 0.3 is 5.97 Å². The predicted molar refractivity (Wildman–Crippen MR) is 62.4 cm³/mol. The summed E-state index contributed by atoms with van der Waals surface area (Å²) in [6.07, 6.45) is 2.28. The maximum absolute atomic E-state index is 12.2. The van der Waals surface area contributed by atoms with Gasteiger partial charge in [-0.25, -0.2) is 4.79 Å². The van der Waals surface area contributed by atoms with Crippen LogP contribution in [0, 0.1) is 5.92 Å². The second kappa shape index (κ2) is 4.28. The lowest BCUT2D eigenvalue weighted by Gasteiger charge is -2.33. The van der Waals surface area contributed by atoms with E-state index in [2.05, 4.69) is 0 Å². The molecule has 4 nitrogen and oxygen atoms in total. The van der Waals surface area contributed by atoms with E-state index in [0.29, 0.717) is 13.0 Å². The zero-order chi connectivity index (χ0) is 11.8. The zero-order valence-corrected chi connectivity index (χ0v) is 10.3. The Morgan fingerprint density at radius 3 is 2.81 bits per heavy atom. The minimum atomic E-state index is -0.968. The molecule has 2 aliphatic rings. The van der Waals surface area contributed by atoms with Crippen molar-refractivity contribution in [3.05, 3.63) is 0 Å². The van der Waals surface area contributed by atoms with Gasteiger partial charge in [-0.3, -0.25) is 4.79 Å². The average Bonchev–Trinajstić information content (AvgIpc) is 2.85. The third-order valence-electron chi connectivity index (χ3n) is 3.65. The van der Waals surface area contributed by atoms with Crippen LogP contribution in [0.2, 0.25) is 0 Å². The molecule has 2 unspecified atom stereocenters. The summed E-state index contributed by atoms with van der Waals surface area (Å²) in [6, 6.07) is 0. The summed E-state index contributed by atoms with van der Waals surface area (Å²) < 4.78 is 0. The van der Waals surface area contributed by atoms with Crippen molar-refractivity contribution in [2.24, 2.45) is 5.92 Å². The molecule has 2 rings (SSSR count). The van der Waals surface area contributed by atoms with Gasteiger partial charge < -0.3 is 10.0 Å². The summed E-state index contributed by atoms with van der Waals surface area (Å²) in [5, 5.41) is 9.24. The number of likely N-dealkylation sites (tertiary alicyclic amines) is 1. The lowest BCUT2D eigenvalue weighted by Crippen LogP contribution is -2.52. The molecule has 0 aromatic carbocycles. The van der Waals surface area contributed by atoms with E-state index >= 15 is 0 Å². The first-order valence-electron chi connectivity index (χ1n) is 5.68. The van der Waals surface area contributed by atoms with Crippen LogP contribution in [0.5, 0.6) is 0 Å². The van der Waals surface area contributed by atoms with Crippen LogP contribution in [0.4, 0.5) is 0 Å². The number of hydrogen-bond acceptors (Lipinski definition) is 3. The highest BCUT2D eigenvalue weighted by atomic mass is 32.2. The Morgan fingerprint density at radius 2 is 2.25 bits per heavy atom. The van der Waals surface area contributed by atoms with Gasteiger partial charge in [-0.15, -0.1) is 0 Å². The molecule has 2 saturated heterocycles. The minimum Gasteiger partial charge on any atom is -0.480 e. The number of hydrogen-bond donors (Lipinski definition) is 1. The van der Waals surface area contributed by atoms with Crippen molar-refractivity contribution in [3.63, 3.8) is 0 Å². The van der Waals surface area contributed by atoms with E-state index < -0.39 is 11.5 Å². The Morgan fingerprint density at radius 1 is 1.50 bits per heavy atom. The van der Waals surface area contributed by atoms with Crippen molar-refractivity contribution in [1.29, 1.82) is 0 Å². The van der Waals surface area contributed by atoms with Gasteiger partial charge in [-0.05, 0) is 31.9 Å². The molecule has 5 heteroatoms. The van der Waals surface area contributed by atoms with Crippen LogP contribution in [-0.2, 0) is 9.59 Å². The monoisotopic (exact) mass is 243 g/mol. The molecule has 2 fully saturated rings. The van der Waals surface area contributed by atoms with Crippen molar-refractivity contribution < 1.29 is 14.7 Å². The number of aliphatic carboxylic acids is 1. The molecule has 0 radical (unpaired) electrons. The second-order valence-electron chi connectivity index (χ2n) is 4.73. The van der Waals surface area contributed by atoms with Crippen molar-refractivity contribution >= 4 is 23.6 Å². The number of carboxylic acid groups (broad SMARTS) is 1. The lowest BCUT2D eigenvalue weighted by atomic mass is 9.97. The average molecular weight is 243 g/mol. The largest absolute Gasteiger partial charge is 0.480 e. The number of carbonyl (C=O) groups is 2. The summed E-state index contributed by atoms with van der Waals surface area (Å²) in [6.45, 7) is 2.27. The molecule has 0 aliphatic carbocycles. The van der Waals surface area contributed by atoms with Gasteiger partial charge in [0.25, 0.3) is 0 Å². The van der Waals surface area contributed by atoms with E-state index in [1.54, 1.807) is 23.6 Å². The van der Waals surface area contributed by atoms with Crippen LogP contribution < -0.4 is 0 Å². The molecule has 16 heavy (non-hydrogen) atoms. The van der Waals surface area contributed by atoms with E-state index in [1.165, 1.54) is 0 Å². The topological polar surface area (TPSA) is 57.6 Å². The Labute approximate surface area is 99.4 Å². The molecule has 2 heterocycles. The smallest absolute Gasteiger partial charge is 0.329 e. The van der Waals surface area contributed by atoms with Gasteiger partial charge in [-0.1, -0.05) is 0 Å². The number of thioether (sulfide) groups is 1. The number of rotatable bonds is 2. The first-order valence-corrected chi connectivity index (χ1v) is 6.84. The second-order valence-corrected chi connectivity index (χ2v) is 5.88. The van der Waals surface area contributed by atoms with Gasteiger partial charge in [0.2, 0.25) is 5.91 Å². The Balaban J connectivity index is 2.13. The standard InChI is InChI=1S/C11H17NO3S/c1-11(10(14)15)4-2-5-12(11)9(13)8-3-6-16-7-8/h8H,2-7H2,1H3,(H,14,15). The first kappa shape index (κ1) is 11.8. The van der Waals surface area contributed by atoms with Crippen molar-refractivity contribution in [2.45, 2.75) is 31.7 Å². The molecule has 1 N–H and O–H groups in total. The quantitative estimate of drug-likeness (QED) is 0.792. The molecule has 0 aromatic rings. The maximum Gasteiger partial charge on any atom is 0.329 e. The highest BCUT2D eigenvalue weighted by Gasteiger charge is 2.47. The molecule has 90 valence electrons. The predicted octanol–water partition coefficient (Wildman–Crippen LogP) is 1.21. The van der Waals surface area contributed by atoms with Crippen molar-refractivity contribution in [1.82, 2.24) is 4.90 Å². The van der Waals surface area contributed by atoms with Crippen molar-refractivity contribution in [3.8, 4) is 0 Å². The normalized spacial score (nSPS) is 34.3. The van der Waals surface area contributed by atoms with E-state index in [-0.39, 0.29) is 11.8 Å². The van der Waals surface area contributed by atoms with Gasteiger partial charge in [0, 0.05) is 18.2 Å². The van der Waals surface area contributed by atoms with Crippen LogP contribution in [0.25, 0.3) is 0 Å². The highest BCUT2D eigenvalue weighted by Crippen LogP contribution is 2.33. The fraction of sp³-hybridized carbons (Fsp3) is 0.818. The van der Waals surface area contributed by atoms with Crippen molar-refractivity contribution in [2.75, 3.05) is 18.1 Å². The number of carboxylic acids is 1. The fourth-order valence-corrected chi connectivity index (χ4v) is 3.70. The SMILES string of the molecule is CC1(C(=O)O)CCCN1C(=O)C1CCSC1. The summed E-state index contributed by atoms with van der Waals surface area (Å²) in [4.78, 5) is 25.1. The van der Waals surface area contributed by atoms with Crippen LogP contribution in [0.1, 0.15) is 26.2 Å². The van der Waals surface area contributed by atoms with Gasteiger partial charge in [-0.2, -0.15) is 11.8 Å². The molecular weight excluding hydrogens is 226 g/mol. The zero-order valence-electron chi connectivity index (χ0n) is 9.44. The van der Waals surface area contributed by atoms with E-state index in [1.807, 2.05) is 0 Å². The van der Waals surface area contributed by atoms with E-state index in [0.717, 1.165) is 24.3 Å². The number of amides is 1. The third kappa shape index (κ3) is 1.81. The molecule has 0 saturated carbocycles. The van der Waals surface area contributed by atoms with Gasteiger partial charge in [0.15, 0.2) is 0 Å². The maximum atomic E-state index is 12.2. The summed E-state index contributed by atoms with van der Waals surface area (Å²) in [5.74, 6) is 1.09. The van der Waals surface area contributed by atoms with Crippen LogP contribution in [0.15, 0.2) is 0 Å². The van der Waals surface area contributed by atoms with Crippen LogP contribution in [-0.4, -0.2) is 45.5 Å². The first-order chi connectivity index (χ1) is 7.55. The highest BCUT2D eigenvalue weighted by molar-refractivity contribution is 7.99. The van der Waals surface area contributed by atoms with Crippen LogP contribution in [0.3, 0.4) is 0 Å². The molecule has 1 amide bonds. The molecule has 0 bridgehead atoms. The fourth-order valence-electron chi connectivity index (χ4n) is 2.49. The number of nitrogens with zero attached hydrogens (tertiary/aromatic N) is 1. The summed E-state index contributed by atoms with van der Waals surface area (Å²) in [5.41, 5.74) is -0.968. The van der Waals surface area contributed by atoms with Crippen LogP contribution >= 0.6 is 11.8 Å². The Kier molecular flexibility index (Phi) is 3.15. The molecule has 2 aliphatic heterocycles. The van der Waals surface area contributed by atoms with E-state index in [4.69, 9.17) is 0 Å². The molecule has 0 spiro atoms. The number of carbonyl (C=O) groups excluding carboxylic acids is 1. The van der Waals surface area contributed by atoms with E-state index in [9.17, 15) is 14.7 Å². The molecule has 0 aromatic heterocycles. The Hall–Kier alpha value is -0.710. The third-order valence-corrected chi connectivity index (χ3v) is 4.81. The molecular formula is C11H17NO3S. The van der Waals surface area contributed by atoms with Gasteiger partial charge in [0.05, 0.1) is 0 Å². The lowest BCUT2D eigenvalue weighted by molar-refractivity contribution is -0.156. The molecule has 2 atom stereocenters. The minimum absolute atomic E-state index is 0.0433. The summed E-state index contributed by atoms with van der Waals surface area (Å²) in [7, 11) is 0.